The predicted molar refractivity (Wildman–Crippen MR) is 112 cm³/mol. The molecule has 0 bridgehead atoms. The summed E-state index contributed by atoms with van der Waals surface area (Å²) in [6, 6.07) is 8.98. The van der Waals surface area contributed by atoms with E-state index in [1.807, 2.05) is 12.1 Å². The summed E-state index contributed by atoms with van der Waals surface area (Å²) in [5.74, 6) is 0.643. The maximum absolute atomic E-state index is 12.1. The topological polar surface area (TPSA) is 118 Å². The number of anilines is 1. The first-order chi connectivity index (χ1) is 14.6. The number of rotatable bonds is 9. The zero-order chi connectivity index (χ0) is 21.3. The Morgan fingerprint density at radius 3 is 2.80 bits per heavy atom. The molecule has 0 aliphatic heterocycles. The third-order valence-corrected chi connectivity index (χ3v) is 4.45. The van der Waals surface area contributed by atoms with Gasteiger partial charge in [0.2, 0.25) is 0 Å². The van der Waals surface area contributed by atoms with Gasteiger partial charge in [0.25, 0.3) is 11.5 Å². The summed E-state index contributed by atoms with van der Waals surface area (Å²) < 4.78 is 10.9. The molecule has 0 fully saturated rings. The summed E-state index contributed by atoms with van der Waals surface area (Å²) in [5.41, 5.74) is 1.66. The van der Waals surface area contributed by atoms with E-state index in [1.54, 1.807) is 30.6 Å². The minimum Gasteiger partial charge on any atom is -0.493 e. The van der Waals surface area contributed by atoms with Gasteiger partial charge in [0.1, 0.15) is 5.02 Å². The summed E-state index contributed by atoms with van der Waals surface area (Å²) in [4.78, 5) is 27.6. The molecular formula is C20H20ClN5O4. The van der Waals surface area contributed by atoms with Crippen LogP contribution in [0.2, 0.25) is 5.02 Å². The molecule has 0 saturated heterocycles. The van der Waals surface area contributed by atoms with Gasteiger partial charge in [-0.2, -0.15) is 5.10 Å². The molecule has 0 unspecified atom stereocenters. The van der Waals surface area contributed by atoms with Crippen LogP contribution in [0.1, 0.15) is 11.1 Å². The predicted octanol–water partition coefficient (Wildman–Crippen LogP) is 2.13. The number of nitrogens with zero attached hydrogens (tertiary/aromatic N) is 2. The highest BCUT2D eigenvalue weighted by molar-refractivity contribution is 6.32. The number of hydrogen-bond donors (Lipinski definition) is 3. The van der Waals surface area contributed by atoms with E-state index in [0.29, 0.717) is 30.3 Å². The van der Waals surface area contributed by atoms with Crippen molar-refractivity contribution in [3.05, 3.63) is 75.4 Å². The smallest absolute Gasteiger partial charge is 0.285 e. The first kappa shape index (κ1) is 21.1. The first-order valence-electron chi connectivity index (χ1n) is 8.99. The van der Waals surface area contributed by atoms with Gasteiger partial charge in [-0.25, -0.2) is 5.10 Å². The Bertz CT molecular complexity index is 1060. The quantitative estimate of drug-likeness (QED) is 0.476. The van der Waals surface area contributed by atoms with Crippen LogP contribution in [0.25, 0.3) is 0 Å². The molecule has 10 heteroatoms. The molecule has 3 aromatic rings. The maximum Gasteiger partial charge on any atom is 0.285 e. The van der Waals surface area contributed by atoms with Crippen molar-refractivity contribution in [1.82, 2.24) is 20.5 Å². The fraction of sp³-hybridized carbons (Fsp3) is 0.200. The van der Waals surface area contributed by atoms with Crippen molar-refractivity contribution in [3.63, 3.8) is 0 Å². The van der Waals surface area contributed by atoms with Crippen LogP contribution in [0.4, 0.5) is 5.69 Å². The van der Waals surface area contributed by atoms with E-state index in [2.05, 4.69) is 25.8 Å². The minimum atomic E-state index is -0.474. The normalized spacial score (nSPS) is 10.3. The van der Waals surface area contributed by atoms with Gasteiger partial charge < -0.3 is 20.1 Å². The zero-order valence-corrected chi connectivity index (χ0v) is 16.9. The number of methoxy groups -OCH3 is 1. The Hall–Kier alpha value is -3.59. The number of carbonyl (C=O) groups is 1. The standard InChI is InChI=1S/C20H20ClN5O4/c1-29-16-5-4-13(9-23-15-11-25-26-20(28)19(15)21)7-17(16)30-12-18(27)24-10-14-3-2-6-22-8-14/h2-8,11H,9-10,12H2,1H3,(H,24,27)(H2,23,26,28). The first-order valence-corrected chi connectivity index (χ1v) is 9.37. The molecule has 0 radical (unpaired) electrons. The van der Waals surface area contributed by atoms with Crippen LogP contribution in [-0.4, -0.2) is 34.8 Å². The number of aromatic nitrogens is 3. The third kappa shape index (κ3) is 5.71. The Morgan fingerprint density at radius 1 is 1.17 bits per heavy atom. The molecule has 2 aromatic heterocycles. The fourth-order valence-electron chi connectivity index (χ4n) is 2.55. The third-order valence-electron chi connectivity index (χ3n) is 4.08. The lowest BCUT2D eigenvalue weighted by atomic mass is 10.2. The van der Waals surface area contributed by atoms with Crippen LogP contribution < -0.4 is 25.7 Å². The SMILES string of the molecule is COc1ccc(CNc2cn[nH]c(=O)c2Cl)cc1OCC(=O)NCc1cccnc1. The van der Waals surface area contributed by atoms with E-state index in [9.17, 15) is 9.59 Å². The molecule has 0 aliphatic rings. The second-order valence-electron chi connectivity index (χ2n) is 6.19. The number of aromatic amines is 1. The van der Waals surface area contributed by atoms with Crippen molar-refractivity contribution in [1.29, 1.82) is 0 Å². The highest BCUT2D eigenvalue weighted by Gasteiger charge is 2.10. The van der Waals surface area contributed by atoms with Gasteiger partial charge in [0.15, 0.2) is 18.1 Å². The summed E-state index contributed by atoms with van der Waals surface area (Å²) in [7, 11) is 1.52. The molecule has 156 valence electrons. The number of halogens is 1. The van der Waals surface area contributed by atoms with Crippen LogP contribution in [0.15, 0.2) is 53.7 Å². The van der Waals surface area contributed by atoms with Gasteiger partial charge in [0.05, 0.1) is 19.0 Å². The Kier molecular flexibility index (Phi) is 7.23. The van der Waals surface area contributed by atoms with Crippen LogP contribution >= 0.6 is 11.6 Å². The molecule has 30 heavy (non-hydrogen) atoms. The van der Waals surface area contributed by atoms with Crippen molar-refractivity contribution in [2.45, 2.75) is 13.1 Å². The lowest BCUT2D eigenvalue weighted by Gasteiger charge is -2.13. The van der Waals surface area contributed by atoms with Crippen molar-refractivity contribution >= 4 is 23.2 Å². The molecule has 1 amide bonds. The number of pyridine rings is 1. The molecule has 0 aliphatic carbocycles. The summed E-state index contributed by atoms with van der Waals surface area (Å²) >= 11 is 5.96. The van der Waals surface area contributed by atoms with E-state index in [0.717, 1.165) is 11.1 Å². The van der Waals surface area contributed by atoms with Gasteiger partial charge in [-0.3, -0.25) is 14.6 Å². The lowest BCUT2D eigenvalue weighted by Crippen LogP contribution is -2.28. The van der Waals surface area contributed by atoms with Crippen LogP contribution in [0.5, 0.6) is 11.5 Å². The van der Waals surface area contributed by atoms with Gasteiger partial charge in [-0.1, -0.05) is 23.7 Å². The number of amides is 1. The van der Waals surface area contributed by atoms with Crippen molar-refractivity contribution in [2.24, 2.45) is 0 Å². The van der Waals surface area contributed by atoms with Crippen molar-refractivity contribution < 1.29 is 14.3 Å². The number of benzene rings is 1. The largest absolute Gasteiger partial charge is 0.493 e. The second-order valence-corrected chi connectivity index (χ2v) is 6.57. The highest BCUT2D eigenvalue weighted by atomic mass is 35.5. The molecule has 3 rings (SSSR count). The lowest BCUT2D eigenvalue weighted by molar-refractivity contribution is -0.123. The van der Waals surface area contributed by atoms with Crippen molar-refractivity contribution in [2.75, 3.05) is 19.0 Å². The molecule has 2 heterocycles. The molecule has 0 saturated carbocycles. The van der Waals surface area contributed by atoms with Gasteiger partial charge in [0, 0.05) is 25.5 Å². The maximum atomic E-state index is 12.1. The van der Waals surface area contributed by atoms with Crippen LogP contribution in [0.3, 0.4) is 0 Å². The van der Waals surface area contributed by atoms with E-state index < -0.39 is 5.56 Å². The summed E-state index contributed by atoms with van der Waals surface area (Å²) in [6.07, 6.45) is 4.78. The van der Waals surface area contributed by atoms with Gasteiger partial charge in [-0.15, -0.1) is 0 Å². The number of carbonyl (C=O) groups excluding carboxylic acids is 1. The number of H-pyrrole nitrogens is 1. The van der Waals surface area contributed by atoms with E-state index in [4.69, 9.17) is 21.1 Å². The monoisotopic (exact) mass is 429 g/mol. The molecule has 9 nitrogen and oxygen atoms in total. The Labute approximate surface area is 177 Å². The van der Waals surface area contributed by atoms with E-state index in [1.165, 1.54) is 13.3 Å². The minimum absolute atomic E-state index is 0.0280. The fourth-order valence-corrected chi connectivity index (χ4v) is 2.70. The van der Waals surface area contributed by atoms with Gasteiger partial charge in [-0.05, 0) is 29.3 Å². The average molecular weight is 430 g/mol. The molecular weight excluding hydrogens is 410 g/mol. The molecule has 0 spiro atoms. The number of hydrogen-bond acceptors (Lipinski definition) is 7. The van der Waals surface area contributed by atoms with Crippen LogP contribution in [0, 0.1) is 0 Å². The zero-order valence-electron chi connectivity index (χ0n) is 16.1. The Balaban J connectivity index is 1.59. The molecule has 0 atom stereocenters. The molecule has 3 N–H and O–H groups in total. The Morgan fingerprint density at radius 2 is 2.03 bits per heavy atom. The van der Waals surface area contributed by atoms with Crippen molar-refractivity contribution in [3.8, 4) is 11.5 Å². The van der Waals surface area contributed by atoms with Crippen LogP contribution in [-0.2, 0) is 17.9 Å². The number of ether oxygens (including phenoxy) is 2. The second kappa shape index (κ2) is 10.3. The number of nitrogens with one attached hydrogen (secondary N) is 3. The van der Waals surface area contributed by atoms with Gasteiger partial charge >= 0.3 is 0 Å². The van der Waals surface area contributed by atoms with E-state index in [-0.39, 0.29) is 17.5 Å². The average Bonchev–Trinajstić information content (AvgIpc) is 2.78. The highest BCUT2D eigenvalue weighted by Crippen LogP contribution is 2.28. The summed E-state index contributed by atoms with van der Waals surface area (Å²) in [6.45, 7) is 0.553. The van der Waals surface area contributed by atoms with E-state index >= 15 is 0 Å². The molecule has 1 aromatic carbocycles. The summed E-state index contributed by atoms with van der Waals surface area (Å²) in [5, 5.41) is 11.8.